The van der Waals surface area contributed by atoms with Gasteiger partial charge < -0.3 is 10.4 Å². The molecule has 0 bridgehead atoms. The van der Waals surface area contributed by atoms with E-state index in [1.807, 2.05) is 36.4 Å². The Bertz CT molecular complexity index is 606. The second kappa shape index (κ2) is 6.44. The summed E-state index contributed by atoms with van der Waals surface area (Å²) >= 11 is 0. The van der Waals surface area contributed by atoms with Gasteiger partial charge in [0.1, 0.15) is 0 Å². The molecule has 3 nitrogen and oxygen atoms in total. The predicted molar refractivity (Wildman–Crippen MR) is 85.6 cm³/mol. The van der Waals surface area contributed by atoms with Crippen LogP contribution in [0.5, 0.6) is 0 Å². The first kappa shape index (κ1) is 15.1. The highest BCUT2D eigenvalue weighted by Gasteiger charge is 2.26. The fourth-order valence-corrected chi connectivity index (χ4v) is 2.05. The van der Waals surface area contributed by atoms with E-state index in [2.05, 4.69) is 23.5 Å². The van der Waals surface area contributed by atoms with Crippen molar-refractivity contribution in [3.05, 3.63) is 65.7 Å². The van der Waals surface area contributed by atoms with Gasteiger partial charge in [0, 0.05) is 12.2 Å². The molecule has 2 rings (SSSR count). The Morgan fingerprint density at radius 1 is 1.05 bits per heavy atom. The molecule has 0 saturated heterocycles. The smallest absolute Gasteiger partial charge is 0.310 e. The normalized spacial score (nSPS) is 11.1. The zero-order chi connectivity index (χ0) is 15.3. The number of anilines is 1. The number of hydrogen-bond acceptors (Lipinski definition) is 2. The van der Waals surface area contributed by atoms with E-state index in [0.717, 1.165) is 12.1 Å². The number of carboxylic acid groups (broad SMARTS) is 1. The Labute approximate surface area is 125 Å². The van der Waals surface area contributed by atoms with E-state index >= 15 is 0 Å². The van der Waals surface area contributed by atoms with Crippen LogP contribution in [0.1, 0.15) is 25.0 Å². The zero-order valence-electron chi connectivity index (χ0n) is 12.5. The number of para-hydroxylation sites is 1. The van der Waals surface area contributed by atoms with E-state index < -0.39 is 11.4 Å². The van der Waals surface area contributed by atoms with Gasteiger partial charge in [-0.15, -0.1) is 0 Å². The van der Waals surface area contributed by atoms with Gasteiger partial charge in [-0.25, -0.2) is 0 Å². The summed E-state index contributed by atoms with van der Waals surface area (Å²) in [4.78, 5) is 11.2. The standard InChI is InChI=1S/C18H21NO2/c1-18(2,17(20)21)13-19-16-11-7-6-10-15(16)12-14-8-4-3-5-9-14/h3-11,19H,12-13H2,1-2H3,(H,20,21). The molecule has 0 aliphatic carbocycles. The van der Waals surface area contributed by atoms with Crippen LogP contribution in [0.3, 0.4) is 0 Å². The molecule has 2 N–H and O–H groups in total. The molecule has 21 heavy (non-hydrogen) atoms. The van der Waals surface area contributed by atoms with E-state index in [-0.39, 0.29) is 0 Å². The van der Waals surface area contributed by atoms with Crippen molar-refractivity contribution in [3.8, 4) is 0 Å². The summed E-state index contributed by atoms with van der Waals surface area (Å²) in [5, 5.41) is 12.5. The summed E-state index contributed by atoms with van der Waals surface area (Å²) in [5.41, 5.74) is 2.62. The molecule has 0 heterocycles. The number of carboxylic acids is 1. The number of carbonyl (C=O) groups is 1. The first-order valence-electron chi connectivity index (χ1n) is 7.08. The zero-order valence-corrected chi connectivity index (χ0v) is 12.5. The van der Waals surface area contributed by atoms with Crippen molar-refractivity contribution in [1.82, 2.24) is 0 Å². The highest BCUT2D eigenvalue weighted by atomic mass is 16.4. The van der Waals surface area contributed by atoms with Crippen LogP contribution >= 0.6 is 0 Å². The van der Waals surface area contributed by atoms with Gasteiger partial charge in [-0.05, 0) is 37.5 Å². The van der Waals surface area contributed by atoms with Gasteiger partial charge in [-0.1, -0.05) is 48.5 Å². The summed E-state index contributed by atoms with van der Waals surface area (Å²) in [5.74, 6) is -0.796. The first-order chi connectivity index (χ1) is 9.99. The Hall–Kier alpha value is -2.29. The van der Waals surface area contributed by atoms with Crippen LogP contribution in [-0.2, 0) is 11.2 Å². The lowest BCUT2D eigenvalue weighted by Gasteiger charge is -2.21. The SMILES string of the molecule is CC(C)(CNc1ccccc1Cc1ccccc1)C(=O)O. The first-order valence-corrected chi connectivity index (χ1v) is 7.08. The van der Waals surface area contributed by atoms with E-state index in [0.29, 0.717) is 6.54 Å². The van der Waals surface area contributed by atoms with E-state index in [9.17, 15) is 9.90 Å². The average Bonchev–Trinajstić information content (AvgIpc) is 2.47. The minimum atomic E-state index is -0.796. The van der Waals surface area contributed by atoms with Crippen molar-refractivity contribution in [2.75, 3.05) is 11.9 Å². The largest absolute Gasteiger partial charge is 0.481 e. The molecule has 0 atom stereocenters. The number of rotatable bonds is 6. The minimum absolute atomic E-state index is 0.397. The van der Waals surface area contributed by atoms with Crippen molar-refractivity contribution < 1.29 is 9.90 Å². The fourth-order valence-electron chi connectivity index (χ4n) is 2.05. The Morgan fingerprint density at radius 2 is 1.67 bits per heavy atom. The van der Waals surface area contributed by atoms with Gasteiger partial charge in [0.15, 0.2) is 0 Å². The highest BCUT2D eigenvalue weighted by Crippen LogP contribution is 2.22. The van der Waals surface area contributed by atoms with Gasteiger partial charge in [-0.2, -0.15) is 0 Å². The van der Waals surface area contributed by atoms with Gasteiger partial charge >= 0.3 is 5.97 Å². The number of aliphatic carboxylic acids is 1. The van der Waals surface area contributed by atoms with Gasteiger partial charge in [0.05, 0.1) is 5.41 Å². The quantitative estimate of drug-likeness (QED) is 0.847. The molecule has 0 spiro atoms. The van der Waals surface area contributed by atoms with E-state index in [4.69, 9.17) is 0 Å². The molecule has 0 fully saturated rings. The third-order valence-corrected chi connectivity index (χ3v) is 3.55. The van der Waals surface area contributed by atoms with Crippen molar-refractivity contribution >= 4 is 11.7 Å². The van der Waals surface area contributed by atoms with Crippen LogP contribution in [0.25, 0.3) is 0 Å². The molecule has 110 valence electrons. The maximum Gasteiger partial charge on any atom is 0.310 e. The summed E-state index contributed by atoms with van der Waals surface area (Å²) in [6.07, 6.45) is 0.831. The van der Waals surface area contributed by atoms with Crippen LogP contribution in [-0.4, -0.2) is 17.6 Å². The lowest BCUT2D eigenvalue weighted by atomic mass is 9.93. The van der Waals surface area contributed by atoms with E-state index in [1.165, 1.54) is 11.1 Å². The minimum Gasteiger partial charge on any atom is -0.481 e. The molecule has 2 aromatic rings. The molecular weight excluding hydrogens is 262 g/mol. The molecular formula is C18H21NO2. The van der Waals surface area contributed by atoms with Crippen molar-refractivity contribution in [2.24, 2.45) is 5.41 Å². The van der Waals surface area contributed by atoms with Crippen LogP contribution in [0, 0.1) is 5.41 Å². The van der Waals surface area contributed by atoms with Crippen molar-refractivity contribution in [1.29, 1.82) is 0 Å². The summed E-state index contributed by atoms with van der Waals surface area (Å²) < 4.78 is 0. The molecule has 0 aromatic heterocycles. The number of nitrogens with one attached hydrogen (secondary N) is 1. The monoisotopic (exact) mass is 283 g/mol. The highest BCUT2D eigenvalue weighted by molar-refractivity contribution is 5.74. The average molecular weight is 283 g/mol. The number of hydrogen-bond donors (Lipinski definition) is 2. The topological polar surface area (TPSA) is 49.3 Å². The predicted octanol–water partition coefficient (Wildman–Crippen LogP) is 3.80. The second-order valence-electron chi connectivity index (χ2n) is 5.86. The second-order valence-corrected chi connectivity index (χ2v) is 5.86. The Balaban J connectivity index is 2.12. The lowest BCUT2D eigenvalue weighted by molar-refractivity contribution is -0.146. The van der Waals surface area contributed by atoms with Crippen LogP contribution in [0.4, 0.5) is 5.69 Å². The Kier molecular flexibility index (Phi) is 4.63. The van der Waals surface area contributed by atoms with E-state index in [1.54, 1.807) is 13.8 Å². The summed E-state index contributed by atoms with van der Waals surface area (Å²) in [6, 6.07) is 18.3. The molecule has 0 unspecified atom stereocenters. The Morgan fingerprint density at radius 3 is 2.33 bits per heavy atom. The molecule has 0 radical (unpaired) electrons. The molecule has 2 aromatic carbocycles. The fraction of sp³-hybridized carbons (Fsp3) is 0.278. The van der Waals surface area contributed by atoms with Crippen LogP contribution < -0.4 is 5.32 Å². The summed E-state index contributed by atoms with van der Waals surface area (Å²) in [6.45, 7) is 3.85. The lowest BCUT2D eigenvalue weighted by Crippen LogP contribution is -2.32. The number of benzene rings is 2. The third kappa shape index (κ3) is 4.09. The van der Waals surface area contributed by atoms with Gasteiger partial charge in [0.25, 0.3) is 0 Å². The molecule has 0 saturated carbocycles. The van der Waals surface area contributed by atoms with Crippen LogP contribution in [0.2, 0.25) is 0 Å². The molecule has 3 heteroatoms. The maximum atomic E-state index is 11.2. The van der Waals surface area contributed by atoms with Crippen molar-refractivity contribution in [3.63, 3.8) is 0 Å². The van der Waals surface area contributed by atoms with Crippen molar-refractivity contribution in [2.45, 2.75) is 20.3 Å². The maximum absolute atomic E-state index is 11.2. The summed E-state index contributed by atoms with van der Waals surface area (Å²) in [7, 11) is 0. The third-order valence-electron chi connectivity index (χ3n) is 3.55. The molecule has 0 amide bonds. The molecule has 0 aliphatic heterocycles. The van der Waals surface area contributed by atoms with Gasteiger partial charge in [-0.3, -0.25) is 4.79 Å². The van der Waals surface area contributed by atoms with Gasteiger partial charge in [0.2, 0.25) is 0 Å². The molecule has 0 aliphatic rings. The van der Waals surface area contributed by atoms with Crippen LogP contribution in [0.15, 0.2) is 54.6 Å².